The van der Waals surface area contributed by atoms with Crippen LogP contribution in [0.5, 0.6) is 0 Å². The highest BCUT2D eigenvalue weighted by atomic mass is 16.2. The molecule has 2 N–H and O–H groups in total. The smallest absolute Gasteiger partial charge is 0.224 e. The van der Waals surface area contributed by atoms with Crippen LogP contribution in [-0.4, -0.2) is 39.5 Å². The maximum Gasteiger partial charge on any atom is 0.224 e. The molecule has 0 saturated carbocycles. The first kappa shape index (κ1) is 10.2. The van der Waals surface area contributed by atoms with E-state index in [-0.39, 0.29) is 11.9 Å². The molecule has 15 heavy (non-hydrogen) atoms. The Bertz CT molecular complexity index is 360. The van der Waals surface area contributed by atoms with Crippen LogP contribution in [0.3, 0.4) is 0 Å². The number of carbonyl (C=O) groups excluding carboxylic acids is 1. The molecule has 2 rings (SSSR count). The van der Waals surface area contributed by atoms with Gasteiger partial charge in [0, 0.05) is 44.5 Å². The Balaban J connectivity index is 1.89. The number of likely N-dealkylation sites (tertiary alicyclic amines) is 1. The van der Waals surface area contributed by atoms with Crippen LogP contribution in [-0.2, 0) is 11.3 Å². The summed E-state index contributed by atoms with van der Waals surface area (Å²) < 4.78 is 2.04. The Morgan fingerprint density at radius 1 is 1.60 bits per heavy atom. The van der Waals surface area contributed by atoms with Gasteiger partial charge in [-0.15, -0.1) is 0 Å². The lowest BCUT2D eigenvalue weighted by Gasteiger charge is -2.16. The van der Waals surface area contributed by atoms with Crippen molar-refractivity contribution in [2.24, 2.45) is 5.73 Å². The summed E-state index contributed by atoms with van der Waals surface area (Å²) >= 11 is 0. The van der Waals surface area contributed by atoms with E-state index in [1.54, 1.807) is 6.20 Å². The third-order valence-electron chi connectivity index (χ3n) is 2.78. The topological polar surface area (TPSA) is 64.2 Å². The first-order chi connectivity index (χ1) is 7.16. The summed E-state index contributed by atoms with van der Waals surface area (Å²) in [5.74, 6) is 1.14. The zero-order valence-corrected chi connectivity index (χ0v) is 8.89. The summed E-state index contributed by atoms with van der Waals surface area (Å²) in [5, 5.41) is 0. The fourth-order valence-corrected chi connectivity index (χ4v) is 1.89. The molecule has 1 fully saturated rings. The molecule has 1 aliphatic heterocycles. The molecule has 0 radical (unpaired) electrons. The van der Waals surface area contributed by atoms with Crippen LogP contribution in [0.15, 0.2) is 12.4 Å². The van der Waals surface area contributed by atoms with Crippen molar-refractivity contribution in [2.75, 3.05) is 13.1 Å². The average Bonchev–Trinajstić information content (AvgIpc) is 2.70. The van der Waals surface area contributed by atoms with Crippen molar-refractivity contribution in [3.05, 3.63) is 18.2 Å². The quantitative estimate of drug-likeness (QED) is 0.745. The van der Waals surface area contributed by atoms with Crippen LogP contribution in [0, 0.1) is 6.92 Å². The third-order valence-corrected chi connectivity index (χ3v) is 2.78. The summed E-state index contributed by atoms with van der Waals surface area (Å²) in [7, 11) is 0. The first-order valence-corrected chi connectivity index (χ1v) is 5.18. The van der Waals surface area contributed by atoms with Crippen molar-refractivity contribution in [3.63, 3.8) is 0 Å². The van der Waals surface area contributed by atoms with Gasteiger partial charge in [-0.3, -0.25) is 4.79 Å². The van der Waals surface area contributed by atoms with Crippen LogP contribution < -0.4 is 5.73 Å². The normalized spacial score (nSPS) is 21.3. The molecule has 1 aromatic rings. The number of rotatable bonds is 3. The van der Waals surface area contributed by atoms with E-state index >= 15 is 0 Å². The molecule has 0 aliphatic carbocycles. The molecule has 1 atom stereocenters. The molecule has 1 amide bonds. The molecule has 1 aliphatic rings. The fraction of sp³-hybridized carbons (Fsp3) is 0.600. The van der Waals surface area contributed by atoms with Gasteiger partial charge in [0.15, 0.2) is 0 Å². The van der Waals surface area contributed by atoms with Gasteiger partial charge in [-0.05, 0) is 6.92 Å². The molecule has 0 spiro atoms. The predicted molar refractivity (Wildman–Crippen MR) is 56.1 cm³/mol. The molecule has 5 heteroatoms. The number of carbonyl (C=O) groups is 1. The van der Waals surface area contributed by atoms with Crippen molar-refractivity contribution in [2.45, 2.75) is 25.9 Å². The molecule has 2 heterocycles. The maximum atomic E-state index is 11.5. The second kappa shape index (κ2) is 4.02. The van der Waals surface area contributed by atoms with Gasteiger partial charge in [-0.1, -0.05) is 0 Å². The standard InChI is InChI=1S/C10H16N4O/c1-8-12-2-3-13(8)4-5-14-7-9(11)6-10(14)15/h2-3,9H,4-7,11H2,1H3. The van der Waals surface area contributed by atoms with Crippen molar-refractivity contribution in [3.8, 4) is 0 Å². The number of nitrogens with two attached hydrogens (primary N) is 1. The molecule has 82 valence electrons. The van der Waals surface area contributed by atoms with Gasteiger partial charge in [-0.25, -0.2) is 4.98 Å². The zero-order chi connectivity index (χ0) is 10.8. The minimum Gasteiger partial charge on any atom is -0.339 e. The van der Waals surface area contributed by atoms with Crippen molar-refractivity contribution in [1.29, 1.82) is 0 Å². The Hall–Kier alpha value is -1.36. The Morgan fingerprint density at radius 2 is 2.40 bits per heavy atom. The summed E-state index contributed by atoms with van der Waals surface area (Å²) in [5.41, 5.74) is 5.71. The van der Waals surface area contributed by atoms with Crippen LogP contribution >= 0.6 is 0 Å². The van der Waals surface area contributed by atoms with E-state index in [1.807, 2.05) is 22.6 Å². The number of aryl methyl sites for hydroxylation is 1. The fourth-order valence-electron chi connectivity index (χ4n) is 1.89. The molecule has 0 bridgehead atoms. The lowest BCUT2D eigenvalue weighted by atomic mass is 10.3. The monoisotopic (exact) mass is 208 g/mol. The van der Waals surface area contributed by atoms with E-state index in [2.05, 4.69) is 4.98 Å². The third kappa shape index (κ3) is 2.18. The summed E-state index contributed by atoms with van der Waals surface area (Å²) in [4.78, 5) is 17.4. The van der Waals surface area contributed by atoms with Gasteiger partial charge in [0.2, 0.25) is 5.91 Å². The lowest BCUT2D eigenvalue weighted by molar-refractivity contribution is -0.127. The SMILES string of the molecule is Cc1nccn1CCN1CC(N)CC1=O. The number of hydrogen-bond acceptors (Lipinski definition) is 3. The van der Waals surface area contributed by atoms with Gasteiger partial charge in [0.25, 0.3) is 0 Å². The largest absolute Gasteiger partial charge is 0.339 e. The first-order valence-electron chi connectivity index (χ1n) is 5.18. The minimum atomic E-state index is 0.0152. The molecular formula is C10H16N4O. The average molecular weight is 208 g/mol. The molecule has 0 aromatic carbocycles. The van der Waals surface area contributed by atoms with E-state index in [0.29, 0.717) is 13.0 Å². The van der Waals surface area contributed by atoms with E-state index in [0.717, 1.165) is 18.9 Å². The highest BCUT2D eigenvalue weighted by Gasteiger charge is 2.26. The van der Waals surface area contributed by atoms with Crippen molar-refractivity contribution >= 4 is 5.91 Å². The molecule has 1 aromatic heterocycles. The highest BCUT2D eigenvalue weighted by Crippen LogP contribution is 2.09. The molecule has 1 saturated heterocycles. The highest BCUT2D eigenvalue weighted by molar-refractivity contribution is 5.79. The number of imidazole rings is 1. The minimum absolute atomic E-state index is 0.0152. The van der Waals surface area contributed by atoms with Crippen molar-refractivity contribution < 1.29 is 4.79 Å². The number of hydrogen-bond donors (Lipinski definition) is 1. The van der Waals surface area contributed by atoms with E-state index in [4.69, 9.17) is 5.73 Å². The van der Waals surface area contributed by atoms with Gasteiger partial charge in [0.1, 0.15) is 5.82 Å². The van der Waals surface area contributed by atoms with E-state index in [9.17, 15) is 4.79 Å². The van der Waals surface area contributed by atoms with Gasteiger partial charge >= 0.3 is 0 Å². The number of aromatic nitrogens is 2. The maximum absolute atomic E-state index is 11.5. The Labute approximate surface area is 88.9 Å². The predicted octanol–water partition coefficient (Wildman–Crippen LogP) is -0.249. The molecule has 5 nitrogen and oxygen atoms in total. The summed E-state index contributed by atoms with van der Waals surface area (Å²) in [6.45, 7) is 4.16. The van der Waals surface area contributed by atoms with Crippen LogP contribution in [0.2, 0.25) is 0 Å². The van der Waals surface area contributed by atoms with Gasteiger partial charge in [-0.2, -0.15) is 0 Å². The number of amides is 1. The van der Waals surface area contributed by atoms with Crippen LogP contribution in [0.4, 0.5) is 0 Å². The second-order valence-electron chi connectivity index (χ2n) is 3.97. The van der Waals surface area contributed by atoms with Crippen LogP contribution in [0.1, 0.15) is 12.2 Å². The zero-order valence-electron chi connectivity index (χ0n) is 8.89. The van der Waals surface area contributed by atoms with Gasteiger partial charge in [0.05, 0.1) is 0 Å². The van der Waals surface area contributed by atoms with Gasteiger partial charge < -0.3 is 15.2 Å². The molecule has 1 unspecified atom stereocenters. The van der Waals surface area contributed by atoms with E-state index < -0.39 is 0 Å². The summed E-state index contributed by atoms with van der Waals surface area (Å²) in [6.07, 6.45) is 4.19. The molecular weight excluding hydrogens is 192 g/mol. The number of nitrogens with zero attached hydrogens (tertiary/aromatic N) is 3. The van der Waals surface area contributed by atoms with Crippen molar-refractivity contribution in [1.82, 2.24) is 14.5 Å². The van der Waals surface area contributed by atoms with Crippen LogP contribution in [0.25, 0.3) is 0 Å². The summed E-state index contributed by atoms with van der Waals surface area (Å²) in [6, 6.07) is 0.0152. The lowest BCUT2D eigenvalue weighted by Crippen LogP contribution is -2.31. The Kier molecular flexibility index (Phi) is 2.73. The van der Waals surface area contributed by atoms with E-state index in [1.165, 1.54) is 0 Å². The Morgan fingerprint density at radius 3 is 2.93 bits per heavy atom. The second-order valence-corrected chi connectivity index (χ2v) is 3.97.